The van der Waals surface area contributed by atoms with Crippen molar-refractivity contribution in [3.8, 4) is 0 Å². The Labute approximate surface area is 166 Å². The van der Waals surface area contributed by atoms with Gasteiger partial charge in [-0.1, -0.05) is 48.0 Å². The average molecular weight is 429 g/mol. The molecular formula is C21H21BrN2O3. The summed E-state index contributed by atoms with van der Waals surface area (Å²) in [6.07, 6.45) is 0.659. The Kier molecular flexibility index (Phi) is 5.75. The van der Waals surface area contributed by atoms with Crippen LogP contribution >= 0.6 is 15.9 Å². The molecule has 0 aliphatic carbocycles. The number of para-hydroxylation sites is 1. The summed E-state index contributed by atoms with van der Waals surface area (Å²) in [7, 11) is 0. The van der Waals surface area contributed by atoms with E-state index in [-0.39, 0.29) is 30.7 Å². The van der Waals surface area contributed by atoms with Gasteiger partial charge in [0.25, 0.3) is 11.8 Å². The molecule has 3 rings (SSSR count). The lowest BCUT2D eigenvalue weighted by Crippen LogP contribution is -2.31. The van der Waals surface area contributed by atoms with Crippen LogP contribution < -0.4 is 5.32 Å². The topological polar surface area (TPSA) is 66.5 Å². The largest absolute Gasteiger partial charge is 0.326 e. The molecule has 27 heavy (non-hydrogen) atoms. The van der Waals surface area contributed by atoms with Gasteiger partial charge in [-0.05, 0) is 42.2 Å². The fourth-order valence-electron chi connectivity index (χ4n) is 3.19. The van der Waals surface area contributed by atoms with Gasteiger partial charge in [-0.25, -0.2) is 0 Å². The molecule has 0 bridgehead atoms. The maximum absolute atomic E-state index is 12.4. The second-order valence-corrected chi connectivity index (χ2v) is 7.76. The first-order valence-electron chi connectivity index (χ1n) is 8.93. The Balaban J connectivity index is 1.57. The van der Waals surface area contributed by atoms with Gasteiger partial charge in [0.1, 0.15) is 0 Å². The number of imide groups is 1. The van der Waals surface area contributed by atoms with Crippen molar-refractivity contribution in [2.75, 3.05) is 11.9 Å². The van der Waals surface area contributed by atoms with Crippen molar-refractivity contribution in [2.24, 2.45) is 0 Å². The molecule has 2 aromatic carbocycles. The summed E-state index contributed by atoms with van der Waals surface area (Å²) < 4.78 is 0.757. The van der Waals surface area contributed by atoms with E-state index in [9.17, 15) is 14.4 Å². The molecule has 1 aliphatic heterocycles. The third kappa shape index (κ3) is 4.11. The second-order valence-electron chi connectivity index (χ2n) is 6.85. The van der Waals surface area contributed by atoms with Gasteiger partial charge in [-0.3, -0.25) is 19.3 Å². The van der Waals surface area contributed by atoms with Crippen molar-refractivity contribution in [3.05, 3.63) is 63.6 Å². The highest BCUT2D eigenvalue weighted by molar-refractivity contribution is 9.10. The molecule has 0 aromatic heterocycles. The van der Waals surface area contributed by atoms with Crippen LogP contribution in [0, 0.1) is 0 Å². The predicted octanol–water partition coefficient (Wildman–Crippen LogP) is 4.59. The zero-order valence-corrected chi connectivity index (χ0v) is 16.9. The maximum atomic E-state index is 12.4. The van der Waals surface area contributed by atoms with Crippen LogP contribution in [0.3, 0.4) is 0 Å². The Hall–Kier alpha value is -2.47. The van der Waals surface area contributed by atoms with Crippen molar-refractivity contribution < 1.29 is 14.4 Å². The van der Waals surface area contributed by atoms with Gasteiger partial charge in [0, 0.05) is 23.1 Å². The third-order valence-corrected chi connectivity index (χ3v) is 5.07. The first-order valence-corrected chi connectivity index (χ1v) is 9.72. The van der Waals surface area contributed by atoms with E-state index < -0.39 is 0 Å². The molecule has 140 valence electrons. The van der Waals surface area contributed by atoms with E-state index in [1.54, 1.807) is 18.2 Å². The summed E-state index contributed by atoms with van der Waals surface area (Å²) in [5, 5.41) is 2.93. The minimum absolute atomic E-state index is 0.123. The van der Waals surface area contributed by atoms with Crippen molar-refractivity contribution >= 4 is 39.3 Å². The van der Waals surface area contributed by atoms with E-state index in [1.807, 2.05) is 24.3 Å². The standard InChI is InChI=1S/C21H21BrN2O3/c1-13(2)15-6-3-4-7-18(15)23-19(25)8-5-11-24-20(26)16-10-9-14(22)12-17(16)21(24)27/h3-4,6-7,9-10,12-13H,5,8,11H2,1-2H3,(H,23,25). The number of fused-ring (bicyclic) bond motifs is 1. The van der Waals surface area contributed by atoms with E-state index in [0.29, 0.717) is 23.5 Å². The van der Waals surface area contributed by atoms with Gasteiger partial charge >= 0.3 is 0 Å². The number of anilines is 1. The molecule has 0 radical (unpaired) electrons. The normalized spacial score (nSPS) is 13.3. The van der Waals surface area contributed by atoms with Gasteiger partial charge < -0.3 is 5.32 Å². The van der Waals surface area contributed by atoms with Crippen LogP contribution in [0.2, 0.25) is 0 Å². The molecular weight excluding hydrogens is 408 g/mol. The van der Waals surface area contributed by atoms with Gasteiger partial charge in [0.05, 0.1) is 11.1 Å². The van der Waals surface area contributed by atoms with E-state index in [1.165, 1.54) is 4.90 Å². The number of nitrogens with one attached hydrogen (secondary N) is 1. The van der Waals surface area contributed by atoms with Crippen LogP contribution in [0.4, 0.5) is 5.69 Å². The Morgan fingerprint density at radius 2 is 1.78 bits per heavy atom. The van der Waals surface area contributed by atoms with E-state index >= 15 is 0 Å². The number of hydrogen-bond donors (Lipinski definition) is 1. The van der Waals surface area contributed by atoms with Crippen LogP contribution in [0.1, 0.15) is 58.9 Å². The van der Waals surface area contributed by atoms with Gasteiger partial charge in [-0.2, -0.15) is 0 Å². The maximum Gasteiger partial charge on any atom is 0.261 e. The first kappa shape index (κ1) is 19.3. The monoisotopic (exact) mass is 428 g/mol. The van der Waals surface area contributed by atoms with Gasteiger partial charge in [-0.15, -0.1) is 0 Å². The Morgan fingerprint density at radius 3 is 2.52 bits per heavy atom. The van der Waals surface area contributed by atoms with E-state index in [2.05, 4.69) is 35.1 Å². The number of hydrogen-bond acceptors (Lipinski definition) is 3. The summed E-state index contributed by atoms with van der Waals surface area (Å²) in [5.74, 6) is -0.420. The van der Waals surface area contributed by atoms with Crippen molar-refractivity contribution in [1.82, 2.24) is 4.90 Å². The number of rotatable bonds is 6. The quantitative estimate of drug-likeness (QED) is 0.684. The molecule has 0 saturated heterocycles. The SMILES string of the molecule is CC(C)c1ccccc1NC(=O)CCCN1C(=O)c2ccc(Br)cc2C1=O. The molecule has 1 heterocycles. The minimum atomic E-state index is -0.304. The highest BCUT2D eigenvalue weighted by atomic mass is 79.9. The van der Waals surface area contributed by atoms with Crippen molar-refractivity contribution in [3.63, 3.8) is 0 Å². The highest BCUT2D eigenvalue weighted by Gasteiger charge is 2.35. The fraction of sp³-hybridized carbons (Fsp3) is 0.286. The van der Waals surface area contributed by atoms with Crippen molar-refractivity contribution in [1.29, 1.82) is 0 Å². The van der Waals surface area contributed by atoms with Gasteiger partial charge in [0.2, 0.25) is 5.91 Å². The van der Waals surface area contributed by atoms with Crippen LogP contribution in [-0.4, -0.2) is 29.2 Å². The number of nitrogens with zero attached hydrogens (tertiary/aromatic N) is 1. The molecule has 0 atom stereocenters. The van der Waals surface area contributed by atoms with E-state index in [4.69, 9.17) is 0 Å². The molecule has 3 amide bonds. The van der Waals surface area contributed by atoms with Crippen LogP contribution in [0.5, 0.6) is 0 Å². The second kappa shape index (κ2) is 8.05. The molecule has 6 heteroatoms. The number of halogens is 1. The smallest absolute Gasteiger partial charge is 0.261 e. The zero-order chi connectivity index (χ0) is 19.6. The fourth-order valence-corrected chi connectivity index (χ4v) is 3.55. The molecule has 0 spiro atoms. The van der Waals surface area contributed by atoms with Crippen LogP contribution in [-0.2, 0) is 4.79 Å². The Bertz CT molecular complexity index is 908. The molecule has 0 saturated carbocycles. The van der Waals surface area contributed by atoms with Crippen LogP contribution in [0.15, 0.2) is 46.9 Å². The lowest BCUT2D eigenvalue weighted by Gasteiger charge is -2.15. The lowest BCUT2D eigenvalue weighted by atomic mass is 10.0. The molecule has 2 aromatic rings. The highest BCUT2D eigenvalue weighted by Crippen LogP contribution is 2.27. The van der Waals surface area contributed by atoms with Crippen molar-refractivity contribution in [2.45, 2.75) is 32.6 Å². The number of carbonyl (C=O) groups excluding carboxylic acids is 3. The summed E-state index contributed by atoms with van der Waals surface area (Å²) in [4.78, 5) is 38.3. The number of amides is 3. The number of carbonyl (C=O) groups is 3. The molecule has 5 nitrogen and oxygen atoms in total. The molecule has 1 aliphatic rings. The van der Waals surface area contributed by atoms with E-state index in [0.717, 1.165) is 15.7 Å². The molecule has 0 unspecified atom stereocenters. The summed E-state index contributed by atoms with van der Waals surface area (Å²) in [6, 6.07) is 12.8. The summed E-state index contributed by atoms with van der Waals surface area (Å²) in [6.45, 7) is 4.38. The molecule has 1 N–H and O–H groups in total. The number of benzene rings is 2. The summed E-state index contributed by atoms with van der Waals surface area (Å²) >= 11 is 3.32. The summed E-state index contributed by atoms with van der Waals surface area (Å²) in [5.41, 5.74) is 2.71. The lowest BCUT2D eigenvalue weighted by molar-refractivity contribution is -0.116. The first-order chi connectivity index (χ1) is 12.9. The van der Waals surface area contributed by atoms with Gasteiger partial charge in [0.15, 0.2) is 0 Å². The third-order valence-electron chi connectivity index (χ3n) is 4.58. The molecule has 0 fully saturated rings. The van der Waals surface area contributed by atoms with Crippen LogP contribution in [0.25, 0.3) is 0 Å². The Morgan fingerprint density at radius 1 is 1.07 bits per heavy atom. The average Bonchev–Trinajstić information content (AvgIpc) is 2.86. The predicted molar refractivity (Wildman–Crippen MR) is 108 cm³/mol. The zero-order valence-electron chi connectivity index (χ0n) is 15.3. The minimum Gasteiger partial charge on any atom is -0.326 e.